The fourth-order valence-corrected chi connectivity index (χ4v) is 3.96. The van der Waals surface area contributed by atoms with Crippen molar-refractivity contribution in [3.05, 3.63) is 88.5 Å². The molecule has 0 aliphatic carbocycles. The van der Waals surface area contributed by atoms with Gasteiger partial charge in [-0.15, -0.1) is 0 Å². The van der Waals surface area contributed by atoms with Crippen LogP contribution in [-0.2, 0) is 11.3 Å². The van der Waals surface area contributed by atoms with Crippen molar-refractivity contribution in [1.82, 2.24) is 5.32 Å². The van der Waals surface area contributed by atoms with E-state index in [9.17, 15) is 4.79 Å². The van der Waals surface area contributed by atoms with E-state index in [2.05, 4.69) is 52.7 Å². The van der Waals surface area contributed by atoms with E-state index >= 15 is 0 Å². The lowest BCUT2D eigenvalue weighted by Gasteiger charge is -2.30. The molecule has 0 saturated carbocycles. The third-order valence-electron chi connectivity index (χ3n) is 5.46. The first-order valence-electron chi connectivity index (χ1n) is 9.96. The summed E-state index contributed by atoms with van der Waals surface area (Å²) in [5, 5.41) is 3.19. The first kappa shape index (κ1) is 20.0. The molecular formula is C25H26N2O3. The number of ether oxygens (including phenoxy) is 2. The Balaban J connectivity index is 1.88. The second kappa shape index (κ2) is 8.20. The van der Waals surface area contributed by atoms with E-state index in [4.69, 9.17) is 9.47 Å². The molecule has 0 spiro atoms. The van der Waals surface area contributed by atoms with E-state index in [1.165, 1.54) is 7.11 Å². The smallest absolute Gasteiger partial charge is 0.337 e. The van der Waals surface area contributed by atoms with E-state index in [1.807, 2.05) is 33.3 Å². The Morgan fingerprint density at radius 1 is 1.03 bits per heavy atom. The molecule has 1 heterocycles. The number of rotatable bonds is 5. The molecule has 0 bridgehead atoms. The minimum absolute atomic E-state index is 0.0341. The summed E-state index contributed by atoms with van der Waals surface area (Å²) in [6.45, 7) is 0.768. The third-order valence-corrected chi connectivity index (χ3v) is 5.46. The molecule has 1 aliphatic rings. The van der Waals surface area contributed by atoms with Crippen molar-refractivity contribution in [3.63, 3.8) is 0 Å². The topological polar surface area (TPSA) is 50.8 Å². The van der Waals surface area contributed by atoms with Crippen molar-refractivity contribution >= 4 is 11.7 Å². The Kier molecular flexibility index (Phi) is 5.46. The maximum Gasteiger partial charge on any atom is 0.337 e. The number of carbonyl (C=O) groups is 1. The number of anilines is 1. The van der Waals surface area contributed by atoms with Crippen LogP contribution in [-0.4, -0.2) is 34.2 Å². The van der Waals surface area contributed by atoms with Crippen LogP contribution in [0.4, 0.5) is 5.69 Å². The molecule has 0 aromatic heterocycles. The lowest BCUT2D eigenvalue weighted by molar-refractivity contribution is 0.0600. The fourth-order valence-electron chi connectivity index (χ4n) is 3.96. The molecule has 154 valence electrons. The monoisotopic (exact) mass is 402 g/mol. The van der Waals surface area contributed by atoms with Gasteiger partial charge in [-0.2, -0.15) is 0 Å². The van der Waals surface area contributed by atoms with Gasteiger partial charge in [0.05, 0.1) is 12.7 Å². The molecule has 3 aromatic rings. The van der Waals surface area contributed by atoms with E-state index in [-0.39, 0.29) is 11.9 Å². The van der Waals surface area contributed by atoms with Crippen molar-refractivity contribution in [2.75, 3.05) is 33.2 Å². The summed E-state index contributed by atoms with van der Waals surface area (Å²) in [4.78, 5) is 14.2. The second-order valence-electron chi connectivity index (χ2n) is 7.67. The van der Waals surface area contributed by atoms with Gasteiger partial charge in [-0.3, -0.25) is 0 Å². The van der Waals surface area contributed by atoms with Crippen LogP contribution in [0.3, 0.4) is 0 Å². The summed E-state index contributed by atoms with van der Waals surface area (Å²) >= 11 is 0. The van der Waals surface area contributed by atoms with Crippen LogP contribution in [0, 0.1) is 0 Å². The molecule has 1 unspecified atom stereocenters. The molecule has 0 radical (unpaired) electrons. The third kappa shape index (κ3) is 3.64. The van der Waals surface area contributed by atoms with E-state index in [0.29, 0.717) is 5.56 Å². The highest BCUT2D eigenvalue weighted by atomic mass is 16.5. The summed E-state index contributed by atoms with van der Waals surface area (Å²) in [6, 6.07) is 20.3. The number of hydrogen-bond acceptors (Lipinski definition) is 5. The number of esters is 1. The first-order chi connectivity index (χ1) is 14.5. The highest BCUT2D eigenvalue weighted by Crippen LogP contribution is 2.48. The predicted molar refractivity (Wildman–Crippen MR) is 119 cm³/mol. The maximum absolute atomic E-state index is 12.1. The average Bonchev–Trinajstić information content (AvgIpc) is 2.76. The Bertz CT molecular complexity index is 1090. The number of methoxy groups -OCH3 is 1. The normalized spacial score (nSPS) is 14.3. The average molecular weight is 402 g/mol. The van der Waals surface area contributed by atoms with Gasteiger partial charge in [0.25, 0.3) is 0 Å². The van der Waals surface area contributed by atoms with Gasteiger partial charge in [-0.25, -0.2) is 4.79 Å². The molecule has 1 N–H and O–H groups in total. The maximum atomic E-state index is 12.1. The summed E-state index contributed by atoms with van der Waals surface area (Å²) in [6.07, 6.45) is 0. The van der Waals surface area contributed by atoms with Gasteiger partial charge in [-0.05, 0) is 42.4 Å². The highest BCUT2D eigenvalue weighted by molar-refractivity contribution is 5.89. The van der Waals surface area contributed by atoms with Crippen LogP contribution in [0.5, 0.6) is 11.5 Å². The molecule has 0 amide bonds. The molecule has 0 saturated heterocycles. The lowest BCUT2D eigenvalue weighted by atomic mass is 9.81. The Hall–Kier alpha value is -3.31. The molecule has 30 heavy (non-hydrogen) atoms. The number of carbonyl (C=O) groups excluding carboxylic acids is 1. The number of hydrogen-bond donors (Lipinski definition) is 1. The van der Waals surface area contributed by atoms with Crippen LogP contribution in [0.2, 0.25) is 0 Å². The number of nitrogens with zero attached hydrogens (tertiary/aromatic N) is 1. The van der Waals surface area contributed by atoms with Gasteiger partial charge in [0.2, 0.25) is 0 Å². The molecule has 1 aliphatic heterocycles. The zero-order valence-electron chi connectivity index (χ0n) is 17.7. The van der Waals surface area contributed by atoms with Crippen LogP contribution in [0.15, 0.2) is 60.7 Å². The van der Waals surface area contributed by atoms with Gasteiger partial charge >= 0.3 is 5.97 Å². The van der Waals surface area contributed by atoms with Gasteiger partial charge in [0.15, 0.2) is 0 Å². The van der Waals surface area contributed by atoms with Crippen molar-refractivity contribution in [2.45, 2.75) is 12.5 Å². The standard InChI is InChI=1S/C25H26N2O3/c1-26-15-16-8-10-20-22(12-16)30-23-14-19(27(2)3)9-11-21(23)24(20)17-6-5-7-18(13-17)25(28)29-4/h5-14,24,26H,15H2,1-4H3. The van der Waals surface area contributed by atoms with E-state index in [1.54, 1.807) is 6.07 Å². The lowest BCUT2D eigenvalue weighted by Crippen LogP contribution is -2.15. The molecule has 0 fully saturated rings. The molecular weight excluding hydrogens is 376 g/mol. The SMILES string of the molecule is CNCc1ccc2c(c1)Oc1cc(N(C)C)ccc1C2c1cccc(C(=O)OC)c1. The van der Waals surface area contributed by atoms with Gasteiger partial charge in [0.1, 0.15) is 11.5 Å². The van der Waals surface area contributed by atoms with Crippen LogP contribution in [0.1, 0.15) is 38.5 Å². The number of fused-ring (bicyclic) bond motifs is 2. The van der Waals surface area contributed by atoms with Crippen LogP contribution < -0.4 is 15.0 Å². The quantitative estimate of drug-likeness (QED) is 0.497. The fraction of sp³-hybridized carbons (Fsp3) is 0.240. The summed E-state index contributed by atoms with van der Waals surface area (Å²) in [5.74, 6) is 1.31. The van der Waals surface area contributed by atoms with Crippen molar-refractivity contribution in [3.8, 4) is 11.5 Å². The minimum atomic E-state index is -0.336. The van der Waals surface area contributed by atoms with Gasteiger partial charge in [-0.1, -0.05) is 30.3 Å². The predicted octanol–water partition coefficient (Wildman–Crippen LogP) is 4.54. The Labute approximate surface area is 177 Å². The molecule has 1 atom stereocenters. The van der Waals surface area contributed by atoms with Crippen molar-refractivity contribution < 1.29 is 14.3 Å². The van der Waals surface area contributed by atoms with E-state index in [0.717, 1.165) is 46.0 Å². The molecule has 3 aromatic carbocycles. The zero-order valence-corrected chi connectivity index (χ0v) is 17.7. The largest absolute Gasteiger partial charge is 0.465 e. The van der Waals surface area contributed by atoms with Gasteiger partial charge < -0.3 is 19.7 Å². The van der Waals surface area contributed by atoms with Crippen LogP contribution >= 0.6 is 0 Å². The zero-order chi connectivity index (χ0) is 21.3. The Morgan fingerprint density at radius 3 is 2.47 bits per heavy atom. The first-order valence-corrected chi connectivity index (χ1v) is 9.96. The molecule has 5 nitrogen and oxygen atoms in total. The Morgan fingerprint density at radius 2 is 1.77 bits per heavy atom. The summed E-state index contributed by atoms with van der Waals surface area (Å²) in [7, 11) is 7.36. The van der Waals surface area contributed by atoms with Crippen molar-refractivity contribution in [2.24, 2.45) is 0 Å². The second-order valence-corrected chi connectivity index (χ2v) is 7.67. The van der Waals surface area contributed by atoms with Crippen LogP contribution in [0.25, 0.3) is 0 Å². The van der Waals surface area contributed by atoms with Gasteiger partial charge in [0, 0.05) is 49.4 Å². The number of benzene rings is 3. The number of nitrogens with one attached hydrogen (secondary N) is 1. The van der Waals surface area contributed by atoms with Crippen molar-refractivity contribution in [1.29, 1.82) is 0 Å². The summed E-state index contributed by atoms with van der Waals surface area (Å²) < 4.78 is 11.3. The highest BCUT2D eigenvalue weighted by Gasteiger charge is 2.29. The molecule has 5 heteroatoms. The minimum Gasteiger partial charge on any atom is -0.465 e. The molecule has 4 rings (SSSR count). The summed E-state index contributed by atoms with van der Waals surface area (Å²) in [5.41, 5.74) is 5.97. The van der Waals surface area contributed by atoms with E-state index < -0.39 is 0 Å².